The summed E-state index contributed by atoms with van der Waals surface area (Å²) in [6.45, 7) is 4.43. The number of rotatable bonds is 13. The Kier molecular flexibility index (Phi) is 11.2. The van der Waals surface area contributed by atoms with E-state index in [1.165, 1.54) is 29.5 Å². The van der Waals surface area contributed by atoms with Gasteiger partial charge in [0.2, 0.25) is 11.8 Å². The van der Waals surface area contributed by atoms with Crippen LogP contribution in [-0.4, -0.2) is 60.4 Å². The average Bonchev–Trinajstić information content (AvgIpc) is 3.64. The van der Waals surface area contributed by atoms with Gasteiger partial charge in [0.15, 0.2) is 0 Å². The Labute approximate surface area is 281 Å². The van der Waals surface area contributed by atoms with Crippen LogP contribution in [0.5, 0.6) is 0 Å². The number of piperidine rings is 1. The topological polar surface area (TPSA) is 52.7 Å². The van der Waals surface area contributed by atoms with Gasteiger partial charge >= 0.3 is 0 Å². The molecule has 5 nitrogen and oxygen atoms in total. The second kappa shape index (κ2) is 16.1. The molecule has 0 spiro atoms. The standard InChI is InChI=1S/C42H49N3O2/c46-40(25-24-34-15-5-1-6-16-34)45-30-13-23-39(45)41(47)43-33-42(37-19-9-3-10-20-37,38-21-11-4-12-22-38)28-14-29-44-31-26-36(27-32-44)35-17-7-2-8-18-35/h1-12,15-22,36,39H,13-14,23-33H2,(H,43,47)/t39-/m0/s1. The molecule has 4 aromatic rings. The predicted octanol–water partition coefficient (Wildman–Crippen LogP) is 7.37. The molecule has 0 unspecified atom stereocenters. The number of hydrogen-bond donors (Lipinski definition) is 1. The fraction of sp³-hybridized carbons (Fsp3) is 0.381. The summed E-state index contributed by atoms with van der Waals surface area (Å²) < 4.78 is 0. The van der Waals surface area contributed by atoms with Gasteiger partial charge in [-0.15, -0.1) is 0 Å². The van der Waals surface area contributed by atoms with E-state index in [4.69, 9.17) is 0 Å². The largest absolute Gasteiger partial charge is 0.353 e. The average molecular weight is 628 g/mol. The fourth-order valence-electron chi connectivity index (χ4n) is 7.81. The molecule has 5 heteroatoms. The van der Waals surface area contributed by atoms with Crippen LogP contribution in [0.1, 0.15) is 73.1 Å². The van der Waals surface area contributed by atoms with Crippen LogP contribution in [0.4, 0.5) is 0 Å². The number of carbonyl (C=O) groups is 2. The summed E-state index contributed by atoms with van der Waals surface area (Å²) in [4.78, 5) is 31.7. The molecule has 2 heterocycles. The van der Waals surface area contributed by atoms with Crippen LogP contribution in [0.25, 0.3) is 0 Å². The molecule has 2 saturated heterocycles. The van der Waals surface area contributed by atoms with Crippen LogP contribution in [0, 0.1) is 0 Å². The molecule has 47 heavy (non-hydrogen) atoms. The van der Waals surface area contributed by atoms with Crippen molar-refractivity contribution >= 4 is 11.8 Å². The third kappa shape index (κ3) is 8.20. The first-order valence-electron chi connectivity index (χ1n) is 17.6. The van der Waals surface area contributed by atoms with Gasteiger partial charge in [0, 0.05) is 24.9 Å². The fourth-order valence-corrected chi connectivity index (χ4v) is 7.81. The van der Waals surface area contributed by atoms with Crippen molar-refractivity contribution in [3.05, 3.63) is 144 Å². The third-order valence-corrected chi connectivity index (χ3v) is 10.5. The van der Waals surface area contributed by atoms with Crippen molar-refractivity contribution in [3.63, 3.8) is 0 Å². The molecule has 0 aromatic heterocycles. The minimum absolute atomic E-state index is 0.0326. The van der Waals surface area contributed by atoms with Gasteiger partial charge in [0.1, 0.15) is 6.04 Å². The van der Waals surface area contributed by atoms with E-state index in [1.807, 2.05) is 23.1 Å². The summed E-state index contributed by atoms with van der Waals surface area (Å²) in [5.74, 6) is 0.686. The van der Waals surface area contributed by atoms with Gasteiger partial charge in [-0.2, -0.15) is 0 Å². The maximum Gasteiger partial charge on any atom is 0.242 e. The van der Waals surface area contributed by atoms with Crippen molar-refractivity contribution < 1.29 is 9.59 Å². The van der Waals surface area contributed by atoms with E-state index >= 15 is 0 Å². The number of nitrogens with one attached hydrogen (secondary N) is 1. The molecular weight excluding hydrogens is 578 g/mol. The first-order valence-corrected chi connectivity index (χ1v) is 17.6. The molecule has 2 amide bonds. The lowest BCUT2D eigenvalue weighted by atomic mass is 9.71. The summed E-state index contributed by atoms with van der Waals surface area (Å²) in [6.07, 6.45) is 7.04. The molecule has 2 aliphatic rings. The lowest BCUT2D eigenvalue weighted by Crippen LogP contribution is -2.50. The Hall–Kier alpha value is -4.22. The molecule has 2 fully saturated rings. The smallest absolute Gasteiger partial charge is 0.242 e. The Bertz CT molecular complexity index is 1500. The highest BCUT2D eigenvalue weighted by atomic mass is 16.2. The van der Waals surface area contributed by atoms with Crippen molar-refractivity contribution in [1.29, 1.82) is 0 Å². The van der Waals surface area contributed by atoms with Gasteiger partial charge in [0.25, 0.3) is 0 Å². The summed E-state index contributed by atoms with van der Waals surface area (Å²) in [5.41, 5.74) is 4.68. The normalized spacial score (nSPS) is 17.4. The molecule has 6 rings (SSSR count). The number of carbonyl (C=O) groups excluding carboxylic acids is 2. The molecule has 0 saturated carbocycles. The maximum atomic E-state index is 13.9. The SMILES string of the molecule is O=C(NCC(CCCN1CCC(c2ccccc2)CC1)(c1ccccc1)c1ccccc1)[C@@H]1CCCN1C(=O)CCc1ccccc1. The highest BCUT2D eigenvalue weighted by Crippen LogP contribution is 2.37. The first-order chi connectivity index (χ1) is 23.1. The molecular formula is C42H49N3O2. The van der Waals surface area contributed by atoms with Crippen LogP contribution in [-0.2, 0) is 21.4 Å². The number of amides is 2. The predicted molar refractivity (Wildman–Crippen MR) is 190 cm³/mol. The van der Waals surface area contributed by atoms with E-state index in [0.29, 0.717) is 38.3 Å². The van der Waals surface area contributed by atoms with E-state index in [1.54, 1.807) is 0 Å². The zero-order valence-corrected chi connectivity index (χ0v) is 27.6. The zero-order valence-electron chi connectivity index (χ0n) is 27.6. The third-order valence-electron chi connectivity index (χ3n) is 10.5. The van der Waals surface area contributed by atoms with Crippen molar-refractivity contribution in [3.8, 4) is 0 Å². The van der Waals surface area contributed by atoms with Crippen LogP contribution >= 0.6 is 0 Å². The van der Waals surface area contributed by atoms with Crippen LogP contribution in [0.15, 0.2) is 121 Å². The van der Waals surface area contributed by atoms with Crippen LogP contribution in [0.3, 0.4) is 0 Å². The maximum absolute atomic E-state index is 13.9. The Balaban J connectivity index is 1.13. The minimum atomic E-state index is -0.409. The van der Waals surface area contributed by atoms with Gasteiger partial charge in [-0.05, 0) is 92.8 Å². The summed E-state index contributed by atoms with van der Waals surface area (Å²) in [6, 6.07) is 42.0. The van der Waals surface area contributed by atoms with E-state index in [0.717, 1.165) is 44.5 Å². The lowest BCUT2D eigenvalue weighted by molar-refractivity contribution is -0.138. The van der Waals surface area contributed by atoms with E-state index in [2.05, 4.69) is 113 Å². The number of aryl methyl sites for hydroxylation is 1. The highest BCUT2D eigenvalue weighted by Gasteiger charge is 2.38. The number of hydrogen-bond acceptors (Lipinski definition) is 3. The lowest BCUT2D eigenvalue weighted by Gasteiger charge is -2.38. The number of nitrogens with zero attached hydrogens (tertiary/aromatic N) is 2. The number of benzene rings is 4. The first kappa shape index (κ1) is 32.7. The van der Waals surface area contributed by atoms with E-state index in [9.17, 15) is 9.59 Å². The monoisotopic (exact) mass is 627 g/mol. The highest BCUT2D eigenvalue weighted by molar-refractivity contribution is 5.88. The summed E-state index contributed by atoms with van der Waals surface area (Å²) in [5, 5.41) is 3.39. The Morgan fingerprint density at radius 2 is 1.28 bits per heavy atom. The van der Waals surface area contributed by atoms with Gasteiger partial charge in [-0.1, -0.05) is 121 Å². The summed E-state index contributed by atoms with van der Waals surface area (Å²) in [7, 11) is 0. The number of likely N-dealkylation sites (tertiary alicyclic amines) is 2. The van der Waals surface area contributed by atoms with Gasteiger partial charge in [-0.3, -0.25) is 9.59 Å². The van der Waals surface area contributed by atoms with Crippen LogP contribution < -0.4 is 5.32 Å². The van der Waals surface area contributed by atoms with Crippen molar-refractivity contribution in [2.75, 3.05) is 32.7 Å². The molecule has 1 atom stereocenters. The second-order valence-corrected chi connectivity index (χ2v) is 13.4. The molecule has 1 N–H and O–H groups in total. The summed E-state index contributed by atoms with van der Waals surface area (Å²) >= 11 is 0. The van der Waals surface area contributed by atoms with Gasteiger partial charge in [0.05, 0.1) is 0 Å². The Morgan fingerprint density at radius 1 is 0.702 bits per heavy atom. The molecule has 0 aliphatic carbocycles. The quantitative estimate of drug-likeness (QED) is 0.168. The van der Waals surface area contributed by atoms with Crippen LogP contribution in [0.2, 0.25) is 0 Å². The minimum Gasteiger partial charge on any atom is -0.353 e. The second-order valence-electron chi connectivity index (χ2n) is 13.4. The van der Waals surface area contributed by atoms with E-state index < -0.39 is 6.04 Å². The van der Waals surface area contributed by atoms with Gasteiger partial charge in [-0.25, -0.2) is 0 Å². The van der Waals surface area contributed by atoms with E-state index in [-0.39, 0.29) is 17.2 Å². The van der Waals surface area contributed by atoms with Crippen molar-refractivity contribution in [2.24, 2.45) is 0 Å². The van der Waals surface area contributed by atoms with Crippen molar-refractivity contribution in [2.45, 2.75) is 68.7 Å². The van der Waals surface area contributed by atoms with Crippen molar-refractivity contribution in [1.82, 2.24) is 15.1 Å². The molecule has 2 aliphatic heterocycles. The molecule has 244 valence electrons. The van der Waals surface area contributed by atoms with Gasteiger partial charge < -0.3 is 15.1 Å². The molecule has 4 aromatic carbocycles. The Morgan fingerprint density at radius 3 is 1.89 bits per heavy atom. The molecule has 0 radical (unpaired) electrons. The zero-order chi connectivity index (χ0) is 32.3. The molecule has 0 bridgehead atoms.